The van der Waals surface area contributed by atoms with Crippen LogP contribution in [0, 0.1) is 17.8 Å². The average molecular weight is 492 g/mol. The van der Waals surface area contributed by atoms with Crippen LogP contribution in [0.5, 0.6) is 0 Å². The fourth-order valence-electron chi connectivity index (χ4n) is 5.91. The molecule has 4 aliphatic heterocycles. The van der Waals surface area contributed by atoms with Crippen LogP contribution in [0.25, 0.3) is 0 Å². The van der Waals surface area contributed by atoms with Crippen LogP contribution in [-0.4, -0.2) is 87.8 Å². The van der Waals surface area contributed by atoms with Gasteiger partial charge >= 0.3 is 5.97 Å². The Kier molecular flexibility index (Phi) is 7.04. The van der Waals surface area contributed by atoms with Gasteiger partial charge in [-0.15, -0.1) is 11.8 Å². The van der Waals surface area contributed by atoms with E-state index in [1.807, 2.05) is 18.7 Å². The molecule has 0 bridgehead atoms. The number of rotatable bonds is 8. The number of β-lactam (4-membered cyclic amide) rings is 1. The smallest absolute Gasteiger partial charge is 0.353 e. The molecule has 0 saturated carbocycles. The summed E-state index contributed by atoms with van der Waals surface area (Å²) in [5.74, 6) is -1.85. The molecule has 34 heavy (non-hydrogen) atoms. The molecule has 4 heterocycles. The minimum absolute atomic E-state index is 0.0253. The number of carboxylic acid groups (broad SMARTS) is 1. The molecule has 2 amide bonds. The zero-order chi connectivity index (χ0) is 24.7. The number of Topliss-reactive ketones (excluding diaryl/α,β-unsaturated/α-hetero) is 1. The number of carbonyl (C=O) groups is 4. The summed E-state index contributed by atoms with van der Waals surface area (Å²) in [5, 5.41) is 13.2. The summed E-state index contributed by atoms with van der Waals surface area (Å²) in [6.45, 7) is 7.16. The summed E-state index contributed by atoms with van der Waals surface area (Å²) in [6, 6.07) is -0.499. The van der Waals surface area contributed by atoms with E-state index in [-0.39, 0.29) is 64.4 Å². The number of nitrogens with two attached hydrogens (primary N) is 1. The summed E-state index contributed by atoms with van der Waals surface area (Å²) in [5.41, 5.74) is 5.44. The number of nitrogens with zero attached hydrogens (tertiary/aromatic N) is 3. The average Bonchev–Trinajstić information content (AvgIpc) is 3.46. The van der Waals surface area contributed by atoms with E-state index < -0.39 is 5.97 Å². The number of carboxylic acids is 1. The molecular weight excluding hydrogens is 458 g/mol. The molecule has 0 spiro atoms. The molecule has 7 atom stereocenters. The summed E-state index contributed by atoms with van der Waals surface area (Å²) in [4.78, 5) is 57.7. The van der Waals surface area contributed by atoms with E-state index in [1.54, 1.807) is 0 Å². The monoisotopic (exact) mass is 491 g/mol. The highest BCUT2D eigenvalue weighted by Gasteiger charge is 2.60. The molecule has 0 aromatic carbocycles. The highest BCUT2D eigenvalue weighted by atomic mass is 32.2. The Balaban J connectivity index is 1.42. The molecule has 0 aromatic rings. The van der Waals surface area contributed by atoms with Crippen LogP contribution in [0.1, 0.15) is 40.0 Å². The van der Waals surface area contributed by atoms with Crippen molar-refractivity contribution in [1.82, 2.24) is 15.1 Å². The number of hydrogen-bond donors (Lipinski definition) is 3. The summed E-state index contributed by atoms with van der Waals surface area (Å²) in [6.07, 6.45) is 2.99. The number of thioether (sulfide) groups is 1. The van der Waals surface area contributed by atoms with Crippen molar-refractivity contribution in [2.24, 2.45) is 28.5 Å². The lowest BCUT2D eigenvalue weighted by molar-refractivity contribution is -0.160. The van der Waals surface area contributed by atoms with E-state index in [0.717, 1.165) is 6.42 Å². The van der Waals surface area contributed by atoms with Crippen LogP contribution >= 0.6 is 11.8 Å². The van der Waals surface area contributed by atoms with Gasteiger partial charge in [0.2, 0.25) is 11.8 Å². The lowest BCUT2D eigenvalue weighted by Gasteiger charge is -2.47. The van der Waals surface area contributed by atoms with Crippen LogP contribution in [0.15, 0.2) is 15.6 Å². The van der Waals surface area contributed by atoms with Gasteiger partial charge in [0.15, 0.2) is 0 Å². The van der Waals surface area contributed by atoms with Gasteiger partial charge in [-0.25, -0.2) is 4.79 Å². The van der Waals surface area contributed by atoms with E-state index in [4.69, 9.17) is 5.73 Å². The van der Waals surface area contributed by atoms with E-state index in [9.17, 15) is 24.3 Å². The Labute approximate surface area is 203 Å². The van der Waals surface area contributed by atoms with Gasteiger partial charge in [-0.2, -0.15) is 0 Å². The topological polar surface area (TPSA) is 145 Å². The van der Waals surface area contributed by atoms with Gasteiger partial charge in [0, 0.05) is 42.1 Å². The van der Waals surface area contributed by atoms with Crippen LogP contribution in [0.2, 0.25) is 0 Å². The van der Waals surface area contributed by atoms with Crippen molar-refractivity contribution in [2.75, 3.05) is 19.6 Å². The Morgan fingerprint density at radius 1 is 1.38 bits per heavy atom. The molecular formula is C23H33N5O5S. The number of nitrogens with one attached hydrogen (secondary N) is 1. The van der Waals surface area contributed by atoms with Crippen LogP contribution in [0.4, 0.5) is 0 Å². The first kappa shape index (κ1) is 24.7. The highest BCUT2D eigenvalue weighted by molar-refractivity contribution is 8.03. The second-order valence-electron chi connectivity index (χ2n) is 9.88. The Morgan fingerprint density at radius 2 is 2.12 bits per heavy atom. The zero-order valence-electron chi connectivity index (χ0n) is 19.8. The first-order valence-corrected chi connectivity index (χ1v) is 12.7. The number of aliphatic imine (C=N–C) groups is 1. The number of amides is 2. The van der Waals surface area contributed by atoms with Crippen molar-refractivity contribution >= 4 is 41.7 Å². The lowest BCUT2D eigenvalue weighted by Crippen LogP contribution is -2.62. The first-order valence-electron chi connectivity index (χ1n) is 11.9. The molecule has 4 N–H and O–H groups in total. The van der Waals surface area contributed by atoms with Crippen LogP contribution < -0.4 is 11.1 Å². The third-order valence-electron chi connectivity index (χ3n) is 7.47. The highest BCUT2D eigenvalue weighted by Crippen LogP contribution is 2.53. The predicted molar refractivity (Wildman–Crippen MR) is 128 cm³/mol. The number of ketones is 1. The molecule has 0 aromatic heterocycles. The molecule has 11 heteroatoms. The number of fused-ring (bicyclic) bond motifs is 1. The molecule has 4 aliphatic rings. The van der Waals surface area contributed by atoms with Crippen molar-refractivity contribution < 1.29 is 24.3 Å². The number of likely N-dealkylation sites (tertiary alicyclic amines) is 1. The van der Waals surface area contributed by atoms with Crippen LogP contribution in [0.3, 0.4) is 0 Å². The van der Waals surface area contributed by atoms with E-state index in [2.05, 4.69) is 10.3 Å². The Bertz CT molecular complexity index is 952. The summed E-state index contributed by atoms with van der Waals surface area (Å²) >= 11 is 1.47. The van der Waals surface area contributed by atoms with Crippen molar-refractivity contribution in [2.45, 2.75) is 63.4 Å². The van der Waals surface area contributed by atoms with Gasteiger partial charge in [0.25, 0.3) is 0 Å². The summed E-state index contributed by atoms with van der Waals surface area (Å²) in [7, 11) is 0. The lowest BCUT2D eigenvalue weighted by atomic mass is 9.73. The van der Waals surface area contributed by atoms with Gasteiger partial charge < -0.3 is 30.8 Å². The van der Waals surface area contributed by atoms with Gasteiger partial charge in [-0.3, -0.25) is 14.6 Å². The molecule has 186 valence electrons. The minimum atomic E-state index is -1.11. The van der Waals surface area contributed by atoms with Gasteiger partial charge in [-0.1, -0.05) is 13.8 Å². The molecule has 0 unspecified atom stereocenters. The standard InChI is InChI=1S/C23H33N5O5S/c1-11(6-12(2)29)17-18-13(3)20(19(23(32)33)28(18)22(17)31)34-15-7-16(25-8-15)21(30)27-5-4-14(9-27)26-10-24/h10-11,13-18,25H,4-9H2,1-3H3,(H2,24,26)(H,32,33)/t11-,13+,14-,15-,16-,17+,18+/m0/s1. The zero-order valence-corrected chi connectivity index (χ0v) is 20.6. The normalized spacial score (nSPS) is 34.0. The second kappa shape index (κ2) is 9.69. The molecule has 10 nitrogen and oxygen atoms in total. The maximum atomic E-state index is 13.0. The minimum Gasteiger partial charge on any atom is -0.477 e. The third kappa shape index (κ3) is 4.35. The second-order valence-corrected chi connectivity index (χ2v) is 11.2. The van der Waals surface area contributed by atoms with Crippen molar-refractivity contribution in [3.63, 3.8) is 0 Å². The Hall–Kier alpha value is -2.40. The molecule has 0 aliphatic carbocycles. The van der Waals surface area contributed by atoms with E-state index in [1.165, 1.54) is 29.9 Å². The van der Waals surface area contributed by atoms with E-state index in [0.29, 0.717) is 37.4 Å². The van der Waals surface area contributed by atoms with E-state index >= 15 is 0 Å². The first-order chi connectivity index (χ1) is 16.1. The fourth-order valence-corrected chi connectivity index (χ4v) is 7.39. The van der Waals surface area contributed by atoms with Crippen molar-refractivity contribution in [3.8, 4) is 0 Å². The Morgan fingerprint density at radius 3 is 2.76 bits per heavy atom. The number of hydrogen-bond acceptors (Lipinski definition) is 7. The number of aliphatic carboxylic acids is 1. The largest absolute Gasteiger partial charge is 0.477 e. The van der Waals surface area contributed by atoms with Gasteiger partial charge in [0.1, 0.15) is 11.5 Å². The predicted octanol–water partition coefficient (Wildman–Crippen LogP) is 0.426. The van der Waals surface area contributed by atoms with Gasteiger partial charge in [0.05, 0.1) is 30.4 Å². The quantitative estimate of drug-likeness (QED) is 0.252. The maximum Gasteiger partial charge on any atom is 0.353 e. The summed E-state index contributed by atoms with van der Waals surface area (Å²) < 4.78 is 0. The van der Waals surface area contributed by atoms with Crippen LogP contribution in [-0.2, 0) is 19.2 Å². The molecule has 0 radical (unpaired) electrons. The fraction of sp³-hybridized carbons (Fsp3) is 0.696. The van der Waals surface area contributed by atoms with Crippen molar-refractivity contribution in [1.29, 1.82) is 0 Å². The SMILES string of the molecule is CC(=O)C[C@H](C)[C@H]1C(=O)N2C(C(=O)O)=C(S[C@@H]3CN[C@H](C(=O)N4CC[C@H](N=CN)C4)C3)[C@H](C)[C@H]12. The molecule has 4 rings (SSSR count). The van der Waals surface area contributed by atoms with Gasteiger partial charge in [-0.05, 0) is 25.7 Å². The molecule has 3 saturated heterocycles. The third-order valence-corrected chi connectivity index (χ3v) is 8.98. The molecule has 3 fully saturated rings. The van der Waals surface area contributed by atoms with Crippen molar-refractivity contribution in [3.05, 3.63) is 10.6 Å². The number of carbonyl (C=O) groups excluding carboxylic acids is 3. The maximum absolute atomic E-state index is 13.0.